The fourth-order valence-corrected chi connectivity index (χ4v) is 1.16. The van der Waals surface area contributed by atoms with Crippen molar-refractivity contribution >= 4 is 5.78 Å². The van der Waals surface area contributed by atoms with Crippen molar-refractivity contribution in [2.24, 2.45) is 5.41 Å². The predicted molar refractivity (Wildman–Crippen MR) is 53.6 cm³/mol. The van der Waals surface area contributed by atoms with Gasteiger partial charge in [-0.2, -0.15) is 0 Å². The number of phenolic OH excluding ortho intramolecular Hbond substituents is 2. The van der Waals surface area contributed by atoms with Crippen LogP contribution in [0, 0.1) is 5.41 Å². The Morgan fingerprint density at radius 2 is 1.50 bits per heavy atom. The number of phenols is 2. The molecule has 2 N–H and O–H groups in total. The molecule has 3 heteroatoms. The number of benzene rings is 1. The lowest BCUT2D eigenvalue weighted by atomic mass is 9.86. The molecule has 0 aliphatic rings. The maximum atomic E-state index is 11.7. The van der Waals surface area contributed by atoms with Crippen LogP contribution in [0.25, 0.3) is 0 Å². The summed E-state index contributed by atoms with van der Waals surface area (Å²) in [6, 6.07) is 3.90. The van der Waals surface area contributed by atoms with Gasteiger partial charge in [0, 0.05) is 17.0 Å². The summed E-state index contributed by atoms with van der Waals surface area (Å²) in [5.74, 6) is -0.307. The summed E-state index contributed by atoms with van der Waals surface area (Å²) in [6.07, 6.45) is 0. The molecule has 1 aromatic carbocycles. The molecule has 0 unspecified atom stereocenters. The van der Waals surface area contributed by atoms with Crippen molar-refractivity contribution in [3.05, 3.63) is 23.8 Å². The summed E-state index contributed by atoms with van der Waals surface area (Å²) < 4.78 is 0. The Morgan fingerprint density at radius 3 is 1.86 bits per heavy atom. The smallest absolute Gasteiger partial charge is 0.168 e. The highest BCUT2D eigenvalue weighted by Gasteiger charge is 2.23. The van der Waals surface area contributed by atoms with Gasteiger partial charge >= 0.3 is 0 Å². The van der Waals surface area contributed by atoms with Crippen LogP contribution < -0.4 is 0 Å². The van der Waals surface area contributed by atoms with Gasteiger partial charge in [0.2, 0.25) is 0 Å². The first-order chi connectivity index (χ1) is 6.30. The Labute approximate surface area is 83.0 Å². The predicted octanol–water partition coefficient (Wildman–Crippen LogP) is 2.33. The lowest BCUT2D eigenvalue weighted by Crippen LogP contribution is -2.19. The molecule has 0 radical (unpaired) electrons. The highest BCUT2D eigenvalue weighted by molar-refractivity contribution is 6.00. The molecule has 1 aromatic rings. The van der Waals surface area contributed by atoms with E-state index in [1.54, 1.807) is 20.8 Å². The van der Waals surface area contributed by atoms with Crippen LogP contribution in [0.5, 0.6) is 11.5 Å². The van der Waals surface area contributed by atoms with E-state index in [1.165, 1.54) is 18.2 Å². The molecular formula is C11H14O3. The maximum Gasteiger partial charge on any atom is 0.168 e. The van der Waals surface area contributed by atoms with E-state index in [2.05, 4.69) is 0 Å². The minimum atomic E-state index is -0.514. The number of ketones is 1. The number of aromatic hydroxyl groups is 2. The largest absolute Gasteiger partial charge is 0.508 e. The Kier molecular flexibility index (Phi) is 2.51. The van der Waals surface area contributed by atoms with E-state index in [9.17, 15) is 15.0 Å². The molecule has 0 amide bonds. The van der Waals surface area contributed by atoms with Crippen molar-refractivity contribution in [1.29, 1.82) is 0 Å². The molecule has 0 bridgehead atoms. The fraction of sp³-hybridized carbons (Fsp3) is 0.364. The first-order valence-electron chi connectivity index (χ1n) is 4.38. The number of carbonyl (C=O) groups excluding carboxylic acids is 1. The molecule has 0 saturated carbocycles. The zero-order valence-corrected chi connectivity index (χ0v) is 8.53. The average molecular weight is 194 g/mol. The third kappa shape index (κ3) is 2.25. The van der Waals surface area contributed by atoms with E-state index in [1.807, 2.05) is 0 Å². The van der Waals surface area contributed by atoms with Crippen molar-refractivity contribution < 1.29 is 15.0 Å². The lowest BCUT2D eigenvalue weighted by molar-refractivity contribution is 0.0857. The minimum absolute atomic E-state index is 0.0994. The second kappa shape index (κ2) is 3.33. The van der Waals surface area contributed by atoms with E-state index >= 15 is 0 Å². The summed E-state index contributed by atoms with van der Waals surface area (Å²) in [5.41, 5.74) is -0.185. The molecule has 0 aromatic heterocycles. The Hall–Kier alpha value is -1.51. The Balaban J connectivity index is 3.14. The van der Waals surface area contributed by atoms with E-state index in [4.69, 9.17) is 0 Å². The molecular weight excluding hydrogens is 180 g/mol. The molecule has 0 saturated heterocycles. The van der Waals surface area contributed by atoms with Crippen molar-refractivity contribution in [2.45, 2.75) is 20.8 Å². The van der Waals surface area contributed by atoms with Gasteiger partial charge in [-0.25, -0.2) is 0 Å². The van der Waals surface area contributed by atoms with Crippen molar-refractivity contribution in [1.82, 2.24) is 0 Å². The number of Topliss-reactive ketones (excluding diaryl/α,β-unsaturated/α-hetero) is 1. The number of carbonyl (C=O) groups is 1. The zero-order valence-electron chi connectivity index (χ0n) is 8.53. The molecule has 3 nitrogen and oxygen atoms in total. The summed E-state index contributed by atoms with van der Waals surface area (Å²) in [4.78, 5) is 11.7. The second-order valence-electron chi connectivity index (χ2n) is 4.32. The van der Waals surface area contributed by atoms with Gasteiger partial charge in [0.05, 0.1) is 0 Å². The monoisotopic (exact) mass is 194 g/mol. The quantitative estimate of drug-likeness (QED) is 0.674. The van der Waals surface area contributed by atoms with Crippen molar-refractivity contribution in [2.75, 3.05) is 0 Å². The first kappa shape index (κ1) is 10.6. The maximum absolute atomic E-state index is 11.7. The van der Waals surface area contributed by atoms with E-state index in [-0.39, 0.29) is 17.3 Å². The summed E-state index contributed by atoms with van der Waals surface area (Å²) >= 11 is 0. The Bertz CT molecular complexity index is 341. The number of hydrogen-bond acceptors (Lipinski definition) is 3. The molecule has 0 atom stereocenters. The zero-order chi connectivity index (χ0) is 10.9. The van der Waals surface area contributed by atoms with Gasteiger partial charge in [-0.05, 0) is 12.1 Å². The van der Waals surface area contributed by atoms with Gasteiger partial charge in [0.1, 0.15) is 11.5 Å². The molecule has 76 valence electrons. The topological polar surface area (TPSA) is 57.5 Å². The van der Waals surface area contributed by atoms with Gasteiger partial charge in [-0.3, -0.25) is 4.79 Å². The molecule has 0 heterocycles. The minimum Gasteiger partial charge on any atom is -0.508 e. The van der Waals surface area contributed by atoms with Crippen LogP contribution in [-0.2, 0) is 0 Å². The highest BCUT2D eigenvalue weighted by atomic mass is 16.3. The van der Waals surface area contributed by atoms with Crippen LogP contribution in [0.1, 0.15) is 31.1 Å². The van der Waals surface area contributed by atoms with Crippen LogP contribution in [0.4, 0.5) is 0 Å². The van der Waals surface area contributed by atoms with Crippen molar-refractivity contribution in [3.63, 3.8) is 0 Å². The number of hydrogen-bond donors (Lipinski definition) is 2. The first-order valence-corrected chi connectivity index (χ1v) is 4.38. The molecule has 0 spiro atoms. The lowest BCUT2D eigenvalue weighted by Gasteiger charge is -2.16. The second-order valence-corrected chi connectivity index (χ2v) is 4.32. The third-order valence-corrected chi connectivity index (χ3v) is 1.85. The van der Waals surface area contributed by atoms with E-state index < -0.39 is 5.41 Å². The number of rotatable bonds is 1. The third-order valence-electron chi connectivity index (χ3n) is 1.85. The van der Waals surface area contributed by atoms with Crippen LogP contribution in [0.15, 0.2) is 18.2 Å². The van der Waals surface area contributed by atoms with Crippen molar-refractivity contribution in [3.8, 4) is 11.5 Å². The highest BCUT2D eigenvalue weighted by Crippen LogP contribution is 2.26. The molecule has 0 aliphatic carbocycles. The summed E-state index contributed by atoms with van der Waals surface area (Å²) in [6.45, 7) is 5.36. The molecule has 1 rings (SSSR count). The van der Waals surface area contributed by atoms with Gasteiger partial charge in [-0.1, -0.05) is 20.8 Å². The van der Waals surface area contributed by atoms with Gasteiger partial charge in [0.15, 0.2) is 5.78 Å². The standard InChI is InChI=1S/C11H14O3/c1-11(2,3)10(14)7-4-8(12)6-9(13)5-7/h4-6,12-13H,1-3H3. The molecule has 0 fully saturated rings. The SMILES string of the molecule is CC(C)(C)C(=O)c1cc(O)cc(O)c1. The molecule has 14 heavy (non-hydrogen) atoms. The van der Waals surface area contributed by atoms with Gasteiger partial charge < -0.3 is 10.2 Å². The van der Waals surface area contributed by atoms with E-state index in [0.717, 1.165) is 0 Å². The van der Waals surface area contributed by atoms with Gasteiger partial charge in [-0.15, -0.1) is 0 Å². The van der Waals surface area contributed by atoms with E-state index in [0.29, 0.717) is 5.56 Å². The van der Waals surface area contributed by atoms with Crippen LogP contribution in [0.2, 0.25) is 0 Å². The summed E-state index contributed by atoms with van der Waals surface area (Å²) in [5, 5.41) is 18.4. The normalized spacial score (nSPS) is 11.4. The van der Waals surface area contributed by atoms with Gasteiger partial charge in [0.25, 0.3) is 0 Å². The fourth-order valence-electron chi connectivity index (χ4n) is 1.16. The summed E-state index contributed by atoms with van der Waals surface area (Å²) in [7, 11) is 0. The Morgan fingerprint density at radius 1 is 1.07 bits per heavy atom. The molecule has 0 aliphatic heterocycles. The van der Waals surface area contributed by atoms with Crippen LogP contribution >= 0.6 is 0 Å². The van der Waals surface area contributed by atoms with Crippen LogP contribution in [0.3, 0.4) is 0 Å². The average Bonchev–Trinajstić information content (AvgIpc) is 1.99. The van der Waals surface area contributed by atoms with Crippen LogP contribution in [-0.4, -0.2) is 16.0 Å².